The van der Waals surface area contributed by atoms with Crippen LogP contribution in [-0.4, -0.2) is 38.7 Å². The molecule has 0 aliphatic carbocycles. The topological polar surface area (TPSA) is 15.6 Å². The largest absolute Gasteiger partial charge is 0.360 e. The Hall–Kier alpha value is -0.465. The summed E-state index contributed by atoms with van der Waals surface area (Å²) in [4.78, 5) is 6.75. The van der Waals surface area contributed by atoms with Gasteiger partial charge in [-0.15, -0.1) is 0 Å². The van der Waals surface area contributed by atoms with E-state index in [4.69, 9.17) is 7.85 Å². The van der Waals surface area contributed by atoms with E-state index < -0.39 is 0 Å². The lowest BCUT2D eigenvalue weighted by Gasteiger charge is -2.44. The van der Waals surface area contributed by atoms with Gasteiger partial charge in [-0.1, -0.05) is 39.9 Å². The molecule has 1 heterocycles. The van der Waals surface area contributed by atoms with Crippen molar-refractivity contribution in [1.82, 2.24) is 4.90 Å². The normalized spacial score (nSPS) is 28.9. The van der Waals surface area contributed by atoms with Crippen molar-refractivity contribution >= 4 is 13.7 Å². The Labute approximate surface area is 109 Å². The van der Waals surface area contributed by atoms with Gasteiger partial charge in [-0.3, -0.25) is 4.99 Å². The first-order chi connectivity index (χ1) is 7.65. The first-order valence-corrected chi connectivity index (χ1v) is 6.59. The molecule has 0 aromatic heterocycles. The van der Waals surface area contributed by atoms with Crippen LogP contribution < -0.4 is 0 Å². The Kier molecular flexibility index (Phi) is 7.57. The van der Waals surface area contributed by atoms with Crippen molar-refractivity contribution in [3.8, 4) is 0 Å². The quantitative estimate of drug-likeness (QED) is 0.682. The van der Waals surface area contributed by atoms with Gasteiger partial charge in [0.05, 0.1) is 13.7 Å². The van der Waals surface area contributed by atoms with Crippen LogP contribution in [0.15, 0.2) is 4.99 Å². The molecule has 0 saturated carbocycles. The highest BCUT2D eigenvalue weighted by molar-refractivity contribution is 6.11. The summed E-state index contributed by atoms with van der Waals surface area (Å²) in [5, 5.41) is 0. The van der Waals surface area contributed by atoms with Crippen molar-refractivity contribution in [3.05, 3.63) is 0 Å². The third kappa shape index (κ3) is 3.75. The number of amidine groups is 1. The number of aliphatic imine (C=N–C) groups is 1. The van der Waals surface area contributed by atoms with E-state index in [0.717, 1.165) is 12.8 Å². The molecule has 1 aliphatic heterocycles. The second-order valence-electron chi connectivity index (χ2n) is 4.88. The lowest BCUT2D eigenvalue weighted by Crippen LogP contribution is -2.47. The number of rotatable bonds is 4. The SMILES string of the molecule is C.[B]C(CC)C1CCC(=NC)N(C)C1CCC. The van der Waals surface area contributed by atoms with Gasteiger partial charge < -0.3 is 4.90 Å². The average molecular weight is 236 g/mol. The Bertz CT molecular complexity index is 240. The van der Waals surface area contributed by atoms with Crippen molar-refractivity contribution in [3.63, 3.8) is 0 Å². The standard InChI is InChI=1S/C13H25BN2.CH4/c1-5-7-12-10(11(14)6-2)8-9-13(15-3)16(12)4;/h10-12H,5-9H2,1-4H3;1H4. The third-order valence-corrected chi connectivity index (χ3v) is 3.96. The van der Waals surface area contributed by atoms with Gasteiger partial charge in [0.25, 0.3) is 0 Å². The summed E-state index contributed by atoms with van der Waals surface area (Å²) in [6.45, 7) is 4.44. The summed E-state index contributed by atoms with van der Waals surface area (Å²) >= 11 is 0. The minimum atomic E-state index is 0. The molecule has 1 fully saturated rings. The Morgan fingerprint density at radius 1 is 1.47 bits per heavy atom. The maximum atomic E-state index is 6.25. The Morgan fingerprint density at radius 3 is 2.59 bits per heavy atom. The molecule has 1 aliphatic rings. The molecule has 2 nitrogen and oxygen atoms in total. The second kappa shape index (κ2) is 7.78. The number of nitrogens with zero attached hydrogens (tertiary/aromatic N) is 2. The fourth-order valence-electron chi connectivity index (χ4n) is 2.92. The van der Waals surface area contributed by atoms with Gasteiger partial charge in [-0.25, -0.2) is 0 Å². The van der Waals surface area contributed by atoms with Crippen LogP contribution in [-0.2, 0) is 0 Å². The van der Waals surface area contributed by atoms with E-state index in [1.54, 1.807) is 0 Å². The average Bonchev–Trinajstić information content (AvgIpc) is 2.31. The molecule has 0 bridgehead atoms. The molecule has 17 heavy (non-hydrogen) atoms. The first kappa shape index (κ1) is 16.5. The van der Waals surface area contributed by atoms with Crippen LogP contribution in [0.1, 0.15) is 53.4 Å². The monoisotopic (exact) mass is 236 g/mol. The molecule has 0 aromatic rings. The predicted molar refractivity (Wildman–Crippen MR) is 79.1 cm³/mol. The molecule has 1 saturated heterocycles. The van der Waals surface area contributed by atoms with E-state index in [2.05, 4.69) is 30.8 Å². The van der Waals surface area contributed by atoms with E-state index in [1.165, 1.54) is 25.1 Å². The molecule has 1 rings (SSSR count). The van der Waals surface area contributed by atoms with E-state index >= 15 is 0 Å². The summed E-state index contributed by atoms with van der Waals surface area (Å²) in [5.74, 6) is 2.23. The van der Waals surface area contributed by atoms with Gasteiger partial charge in [0.2, 0.25) is 0 Å². The number of hydrogen-bond donors (Lipinski definition) is 0. The van der Waals surface area contributed by atoms with Gasteiger partial charge in [-0.2, -0.15) is 0 Å². The fourth-order valence-corrected chi connectivity index (χ4v) is 2.92. The molecule has 0 amide bonds. The van der Waals surface area contributed by atoms with Crippen LogP contribution in [0, 0.1) is 5.92 Å². The highest BCUT2D eigenvalue weighted by Gasteiger charge is 2.33. The first-order valence-electron chi connectivity index (χ1n) is 6.59. The molecule has 98 valence electrons. The molecule has 0 N–H and O–H groups in total. The Balaban J connectivity index is 0.00000256. The summed E-state index contributed by atoms with van der Waals surface area (Å²) in [7, 11) is 10.3. The van der Waals surface area contributed by atoms with Crippen LogP contribution in [0.25, 0.3) is 0 Å². The van der Waals surface area contributed by atoms with Crippen molar-refractivity contribution in [2.75, 3.05) is 14.1 Å². The molecule has 2 radical (unpaired) electrons. The Morgan fingerprint density at radius 2 is 2.12 bits per heavy atom. The fraction of sp³-hybridized carbons (Fsp3) is 0.929. The molecule has 3 unspecified atom stereocenters. The summed E-state index contributed by atoms with van der Waals surface area (Å²) in [6, 6.07) is 0.590. The van der Waals surface area contributed by atoms with Gasteiger partial charge in [0.15, 0.2) is 0 Å². The lowest BCUT2D eigenvalue weighted by atomic mass is 9.67. The van der Waals surface area contributed by atoms with Crippen molar-refractivity contribution in [2.24, 2.45) is 10.9 Å². The van der Waals surface area contributed by atoms with Gasteiger partial charge in [-0.05, 0) is 18.8 Å². The molecule has 0 aromatic carbocycles. The van der Waals surface area contributed by atoms with Crippen LogP contribution in [0.4, 0.5) is 0 Å². The van der Waals surface area contributed by atoms with Crippen molar-refractivity contribution < 1.29 is 0 Å². The minimum absolute atomic E-state index is 0. The van der Waals surface area contributed by atoms with Crippen molar-refractivity contribution in [2.45, 2.75) is 65.2 Å². The summed E-state index contributed by atoms with van der Waals surface area (Å²) < 4.78 is 0. The molecular formula is C14H29BN2. The molecule has 3 atom stereocenters. The maximum Gasteiger partial charge on any atom is 0.0985 e. The zero-order chi connectivity index (χ0) is 12.1. The molecule has 3 heteroatoms. The number of piperidine rings is 1. The molecule has 0 spiro atoms. The van der Waals surface area contributed by atoms with E-state index in [-0.39, 0.29) is 7.43 Å². The predicted octanol–water partition coefficient (Wildman–Crippen LogP) is 3.53. The zero-order valence-corrected chi connectivity index (χ0v) is 11.2. The second-order valence-corrected chi connectivity index (χ2v) is 4.88. The van der Waals surface area contributed by atoms with Crippen LogP contribution >= 0.6 is 0 Å². The summed E-state index contributed by atoms with van der Waals surface area (Å²) in [6.07, 6.45) is 5.83. The van der Waals surface area contributed by atoms with Crippen molar-refractivity contribution in [1.29, 1.82) is 0 Å². The summed E-state index contributed by atoms with van der Waals surface area (Å²) in [5.41, 5.74) is 0. The van der Waals surface area contributed by atoms with Crippen LogP contribution in [0.2, 0.25) is 5.82 Å². The van der Waals surface area contributed by atoms with E-state index in [9.17, 15) is 0 Å². The third-order valence-electron chi connectivity index (χ3n) is 3.96. The number of likely N-dealkylation sites (tertiary alicyclic amines) is 1. The highest BCUT2D eigenvalue weighted by atomic mass is 15.2. The van der Waals surface area contributed by atoms with Gasteiger partial charge in [0, 0.05) is 26.6 Å². The lowest BCUT2D eigenvalue weighted by molar-refractivity contribution is 0.193. The number of hydrogen-bond acceptors (Lipinski definition) is 1. The highest BCUT2D eigenvalue weighted by Crippen LogP contribution is 2.35. The maximum absolute atomic E-state index is 6.25. The van der Waals surface area contributed by atoms with Crippen LogP contribution in [0.3, 0.4) is 0 Å². The zero-order valence-electron chi connectivity index (χ0n) is 11.2. The van der Waals surface area contributed by atoms with Gasteiger partial charge in [0.1, 0.15) is 0 Å². The van der Waals surface area contributed by atoms with E-state index in [1.807, 2.05) is 7.05 Å². The molecular weight excluding hydrogens is 207 g/mol. The van der Waals surface area contributed by atoms with Gasteiger partial charge >= 0.3 is 0 Å². The smallest absolute Gasteiger partial charge is 0.0985 e. The van der Waals surface area contributed by atoms with E-state index in [0.29, 0.717) is 17.8 Å². The van der Waals surface area contributed by atoms with Crippen LogP contribution in [0.5, 0.6) is 0 Å². The minimum Gasteiger partial charge on any atom is -0.360 e.